The van der Waals surface area contributed by atoms with E-state index in [0.717, 1.165) is 12.0 Å². The Morgan fingerprint density at radius 1 is 1.08 bits per heavy atom. The van der Waals surface area contributed by atoms with E-state index < -0.39 is 0 Å². The lowest BCUT2D eigenvalue weighted by atomic mass is 9.94. The largest absolute Gasteiger partial charge is 0.337 e. The summed E-state index contributed by atoms with van der Waals surface area (Å²) in [6, 6.07) is 11.6. The molecule has 2 aromatic rings. The van der Waals surface area contributed by atoms with E-state index in [4.69, 9.17) is 0 Å². The summed E-state index contributed by atoms with van der Waals surface area (Å²) >= 11 is 0. The molecule has 1 atom stereocenters. The van der Waals surface area contributed by atoms with Crippen LogP contribution in [-0.2, 0) is 4.79 Å². The second-order valence-corrected chi connectivity index (χ2v) is 6.68. The van der Waals surface area contributed by atoms with Crippen LogP contribution in [0.15, 0.2) is 47.7 Å². The van der Waals surface area contributed by atoms with Gasteiger partial charge in [-0.05, 0) is 24.5 Å². The number of nitrogens with zero attached hydrogens (tertiary/aromatic N) is 4. The minimum absolute atomic E-state index is 0.0200. The van der Waals surface area contributed by atoms with Gasteiger partial charge in [-0.2, -0.15) is 10.2 Å². The molecule has 7 heteroatoms. The first-order valence-corrected chi connectivity index (χ1v) is 8.93. The van der Waals surface area contributed by atoms with Gasteiger partial charge in [0.15, 0.2) is 0 Å². The summed E-state index contributed by atoms with van der Waals surface area (Å²) < 4.78 is 0. The highest BCUT2D eigenvalue weighted by Crippen LogP contribution is 2.31. The quantitative estimate of drug-likeness (QED) is 0.920. The average Bonchev–Trinajstić information content (AvgIpc) is 3.39. The molecule has 1 unspecified atom stereocenters. The summed E-state index contributed by atoms with van der Waals surface area (Å²) in [4.78, 5) is 27.1. The smallest absolute Gasteiger partial charge is 0.271 e. The lowest BCUT2D eigenvalue weighted by Crippen LogP contribution is -2.43. The summed E-state index contributed by atoms with van der Waals surface area (Å²) in [6.07, 6.45) is 5.44. The maximum absolute atomic E-state index is 13.0. The molecule has 3 heterocycles. The molecule has 26 heavy (non-hydrogen) atoms. The van der Waals surface area contributed by atoms with Crippen LogP contribution >= 0.6 is 0 Å². The average molecular weight is 351 g/mol. The molecule has 134 valence electrons. The lowest BCUT2D eigenvalue weighted by molar-refractivity contribution is -0.138. The molecule has 2 aliphatic heterocycles. The fraction of sp³-hybridized carbons (Fsp3) is 0.368. The number of likely N-dealkylation sites (tertiary alicyclic amines) is 1. The minimum atomic E-state index is -0.0951. The Morgan fingerprint density at radius 3 is 2.54 bits per heavy atom. The number of carbonyl (C=O) groups excluding carboxylic acids is 2. The van der Waals surface area contributed by atoms with Crippen molar-refractivity contribution in [3.63, 3.8) is 0 Å². The Morgan fingerprint density at radius 2 is 1.85 bits per heavy atom. The predicted octanol–water partition coefficient (Wildman–Crippen LogP) is 2.22. The van der Waals surface area contributed by atoms with Crippen LogP contribution in [-0.4, -0.2) is 51.2 Å². The number of rotatable bonds is 3. The molecule has 1 aromatic heterocycles. The Labute approximate surface area is 151 Å². The standard InChI is InChI=1S/C19H21N5O2/c25-18(24-17(7-11-21-24)14-4-2-1-3-5-14)15-8-12-23(13-9-15)19(26)16-6-10-20-22-16/h1-6,10-11,15,17H,7-9,12-13H2,(H,20,22). The van der Waals surface area contributed by atoms with Gasteiger partial charge in [-0.1, -0.05) is 30.3 Å². The van der Waals surface area contributed by atoms with Gasteiger partial charge in [-0.3, -0.25) is 14.7 Å². The molecule has 0 radical (unpaired) electrons. The molecule has 1 aromatic carbocycles. The van der Waals surface area contributed by atoms with Gasteiger partial charge >= 0.3 is 0 Å². The van der Waals surface area contributed by atoms with E-state index in [2.05, 4.69) is 15.3 Å². The van der Waals surface area contributed by atoms with Crippen molar-refractivity contribution in [2.75, 3.05) is 13.1 Å². The number of piperidine rings is 1. The van der Waals surface area contributed by atoms with Crippen molar-refractivity contribution in [1.82, 2.24) is 20.1 Å². The van der Waals surface area contributed by atoms with Crippen LogP contribution in [0, 0.1) is 5.92 Å². The first kappa shape index (κ1) is 16.5. The molecule has 1 saturated heterocycles. The summed E-state index contributed by atoms with van der Waals surface area (Å²) in [5.74, 6) is -0.0988. The van der Waals surface area contributed by atoms with Gasteiger partial charge in [0.05, 0.1) is 6.04 Å². The summed E-state index contributed by atoms with van der Waals surface area (Å²) in [7, 11) is 0. The van der Waals surface area contributed by atoms with Crippen molar-refractivity contribution in [3.05, 3.63) is 53.9 Å². The Hall–Kier alpha value is -2.96. The molecule has 0 aliphatic carbocycles. The molecule has 1 fully saturated rings. The van der Waals surface area contributed by atoms with Crippen LogP contribution in [0.3, 0.4) is 0 Å². The van der Waals surface area contributed by atoms with Crippen LogP contribution in [0.1, 0.15) is 41.4 Å². The van der Waals surface area contributed by atoms with Crippen molar-refractivity contribution in [3.8, 4) is 0 Å². The zero-order valence-electron chi connectivity index (χ0n) is 14.4. The van der Waals surface area contributed by atoms with Crippen molar-refractivity contribution in [2.45, 2.75) is 25.3 Å². The summed E-state index contributed by atoms with van der Waals surface area (Å²) in [6.45, 7) is 1.14. The maximum atomic E-state index is 13.0. The number of hydrazone groups is 1. The molecule has 4 rings (SSSR count). The van der Waals surface area contributed by atoms with Crippen LogP contribution in [0.25, 0.3) is 0 Å². The predicted molar refractivity (Wildman–Crippen MR) is 96.4 cm³/mol. The highest BCUT2D eigenvalue weighted by molar-refractivity contribution is 5.92. The molecule has 1 N–H and O–H groups in total. The molecule has 2 aliphatic rings. The first-order valence-electron chi connectivity index (χ1n) is 8.93. The minimum Gasteiger partial charge on any atom is -0.337 e. The fourth-order valence-electron chi connectivity index (χ4n) is 3.64. The molecule has 7 nitrogen and oxygen atoms in total. The Balaban J connectivity index is 1.39. The van der Waals surface area contributed by atoms with E-state index in [-0.39, 0.29) is 23.8 Å². The third kappa shape index (κ3) is 3.12. The van der Waals surface area contributed by atoms with Crippen LogP contribution < -0.4 is 0 Å². The first-order chi connectivity index (χ1) is 12.7. The second kappa shape index (κ2) is 7.11. The van der Waals surface area contributed by atoms with Crippen molar-refractivity contribution in [2.24, 2.45) is 11.0 Å². The van der Waals surface area contributed by atoms with E-state index in [1.165, 1.54) is 0 Å². The van der Waals surface area contributed by atoms with E-state index in [1.54, 1.807) is 22.2 Å². The third-order valence-electron chi connectivity index (χ3n) is 5.10. The van der Waals surface area contributed by atoms with E-state index in [1.807, 2.05) is 36.5 Å². The number of benzene rings is 1. The molecular formula is C19H21N5O2. The van der Waals surface area contributed by atoms with Gasteiger partial charge in [0.1, 0.15) is 5.69 Å². The molecule has 2 amide bonds. The van der Waals surface area contributed by atoms with Crippen LogP contribution in [0.2, 0.25) is 0 Å². The zero-order chi connectivity index (χ0) is 17.9. The normalized spacial score (nSPS) is 20.5. The third-order valence-corrected chi connectivity index (χ3v) is 5.10. The second-order valence-electron chi connectivity index (χ2n) is 6.68. The van der Waals surface area contributed by atoms with Gasteiger partial charge < -0.3 is 4.90 Å². The highest BCUT2D eigenvalue weighted by Gasteiger charge is 2.35. The zero-order valence-corrected chi connectivity index (χ0v) is 14.4. The van der Waals surface area contributed by atoms with Crippen molar-refractivity contribution >= 4 is 18.0 Å². The number of H-pyrrole nitrogens is 1. The topological polar surface area (TPSA) is 81.7 Å². The highest BCUT2D eigenvalue weighted by atomic mass is 16.2. The number of hydrogen-bond donors (Lipinski definition) is 1. The maximum Gasteiger partial charge on any atom is 0.271 e. The summed E-state index contributed by atoms with van der Waals surface area (Å²) in [5, 5.41) is 12.5. The van der Waals surface area contributed by atoms with Gasteiger partial charge in [0.2, 0.25) is 5.91 Å². The van der Waals surface area contributed by atoms with Crippen molar-refractivity contribution in [1.29, 1.82) is 0 Å². The number of nitrogens with one attached hydrogen (secondary N) is 1. The molecule has 0 spiro atoms. The monoisotopic (exact) mass is 351 g/mol. The van der Waals surface area contributed by atoms with Crippen molar-refractivity contribution < 1.29 is 9.59 Å². The van der Waals surface area contributed by atoms with Gasteiger partial charge in [0.25, 0.3) is 5.91 Å². The van der Waals surface area contributed by atoms with Crippen LogP contribution in [0.5, 0.6) is 0 Å². The molecule has 0 saturated carbocycles. The SMILES string of the molecule is O=C(c1ccn[nH]1)N1CCC(C(=O)N2N=CCC2c2ccccc2)CC1. The number of carbonyl (C=O) groups is 2. The van der Waals surface area contributed by atoms with E-state index in [0.29, 0.717) is 31.6 Å². The van der Waals surface area contributed by atoms with Gasteiger partial charge in [-0.25, -0.2) is 5.01 Å². The van der Waals surface area contributed by atoms with Gasteiger partial charge in [-0.15, -0.1) is 0 Å². The van der Waals surface area contributed by atoms with Crippen LogP contribution in [0.4, 0.5) is 0 Å². The molecule has 0 bridgehead atoms. The van der Waals surface area contributed by atoms with E-state index >= 15 is 0 Å². The number of amides is 2. The Bertz CT molecular complexity index is 795. The van der Waals surface area contributed by atoms with E-state index in [9.17, 15) is 9.59 Å². The molecular weight excluding hydrogens is 330 g/mol. The Kier molecular flexibility index (Phi) is 4.51. The lowest BCUT2D eigenvalue weighted by Gasteiger charge is -2.33. The number of aromatic amines is 1. The number of aromatic nitrogens is 2. The summed E-state index contributed by atoms with van der Waals surface area (Å²) in [5.41, 5.74) is 1.59. The van der Waals surface area contributed by atoms with Gasteiger partial charge in [0, 0.05) is 37.8 Å². The fourth-order valence-corrected chi connectivity index (χ4v) is 3.64. The number of hydrogen-bond acceptors (Lipinski definition) is 4.